The van der Waals surface area contributed by atoms with Crippen LogP contribution in [0.1, 0.15) is 11.8 Å². The lowest BCUT2D eigenvalue weighted by atomic mass is 10.2. The second-order valence-corrected chi connectivity index (χ2v) is 2.60. The molecule has 70 valence electrons. The minimum absolute atomic E-state index is 0.263. The summed E-state index contributed by atoms with van der Waals surface area (Å²) in [5, 5.41) is 0. The molecule has 1 aromatic rings. The van der Waals surface area contributed by atoms with Gasteiger partial charge in [0.25, 0.3) is 0 Å². The highest BCUT2D eigenvalue weighted by atomic mass is 16.5. The molecule has 0 bridgehead atoms. The molecular weight excluding hydrogens is 174 g/mol. The molecular formula is C6H9N5O2. The Morgan fingerprint density at radius 3 is 3.08 bits per heavy atom. The van der Waals surface area contributed by atoms with E-state index >= 15 is 0 Å². The van der Waals surface area contributed by atoms with Gasteiger partial charge < -0.3 is 15.9 Å². The molecule has 1 aliphatic rings. The van der Waals surface area contributed by atoms with E-state index in [-0.39, 0.29) is 12.0 Å². The molecule has 0 spiro atoms. The van der Waals surface area contributed by atoms with Crippen molar-refractivity contribution in [3.05, 3.63) is 16.0 Å². The normalized spacial score (nSPS) is 19.6. The summed E-state index contributed by atoms with van der Waals surface area (Å²) in [6.45, 7) is 0. The third kappa shape index (κ3) is 1.14. The zero-order chi connectivity index (χ0) is 9.42. The number of hydrazine groups is 1. The second-order valence-electron chi connectivity index (χ2n) is 2.60. The van der Waals surface area contributed by atoms with Gasteiger partial charge in [-0.3, -0.25) is 4.98 Å². The Kier molecular flexibility index (Phi) is 1.67. The molecule has 1 aliphatic heterocycles. The van der Waals surface area contributed by atoms with Gasteiger partial charge in [-0.1, -0.05) is 0 Å². The van der Waals surface area contributed by atoms with Crippen LogP contribution in [0.25, 0.3) is 0 Å². The summed E-state index contributed by atoms with van der Waals surface area (Å²) in [5.74, 6) is 0.674. The van der Waals surface area contributed by atoms with E-state index in [9.17, 15) is 4.79 Å². The minimum Gasteiger partial charge on any atom is -0.385 e. The van der Waals surface area contributed by atoms with E-state index in [0.29, 0.717) is 11.4 Å². The van der Waals surface area contributed by atoms with Crippen LogP contribution in [-0.4, -0.2) is 17.1 Å². The molecule has 1 atom stereocenters. The van der Waals surface area contributed by atoms with Crippen LogP contribution in [0.5, 0.6) is 0 Å². The molecule has 0 saturated carbocycles. The summed E-state index contributed by atoms with van der Waals surface area (Å²) in [4.78, 5) is 16.9. The van der Waals surface area contributed by atoms with Gasteiger partial charge in [-0.05, 0) is 0 Å². The van der Waals surface area contributed by atoms with Gasteiger partial charge in [0, 0.05) is 7.11 Å². The van der Waals surface area contributed by atoms with Gasteiger partial charge in [0.1, 0.15) is 5.82 Å². The first-order valence-corrected chi connectivity index (χ1v) is 3.66. The van der Waals surface area contributed by atoms with Crippen molar-refractivity contribution in [2.24, 2.45) is 0 Å². The largest absolute Gasteiger partial charge is 0.385 e. The molecule has 0 saturated heterocycles. The Morgan fingerprint density at radius 2 is 2.38 bits per heavy atom. The number of methoxy groups -OCH3 is 1. The maximum absolute atomic E-state index is 10.9. The molecule has 0 aromatic carbocycles. The average molecular weight is 183 g/mol. The van der Waals surface area contributed by atoms with Crippen LogP contribution in [0.2, 0.25) is 0 Å². The number of hydrogen-bond donors (Lipinski definition) is 4. The van der Waals surface area contributed by atoms with E-state index in [1.54, 1.807) is 0 Å². The number of nitrogens with one attached hydrogen (secondary N) is 3. The summed E-state index contributed by atoms with van der Waals surface area (Å²) >= 11 is 0. The van der Waals surface area contributed by atoms with E-state index in [1.807, 2.05) is 0 Å². The van der Waals surface area contributed by atoms with Gasteiger partial charge in [0.05, 0.1) is 5.56 Å². The number of aromatic nitrogens is 2. The van der Waals surface area contributed by atoms with Gasteiger partial charge in [0.2, 0.25) is 0 Å². The van der Waals surface area contributed by atoms with Crippen molar-refractivity contribution in [3.8, 4) is 0 Å². The number of H-pyrrole nitrogens is 1. The number of rotatable bonds is 1. The third-order valence-corrected chi connectivity index (χ3v) is 1.82. The zero-order valence-corrected chi connectivity index (χ0v) is 6.92. The van der Waals surface area contributed by atoms with Crippen molar-refractivity contribution < 1.29 is 4.74 Å². The first kappa shape index (κ1) is 8.02. The molecule has 7 heteroatoms. The molecule has 5 N–H and O–H groups in total. The molecule has 0 radical (unpaired) electrons. The first-order valence-electron chi connectivity index (χ1n) is 3.66. The summed E-state index contributed by atoms with van der Waals surface area (Å²) in [6, 6.07) is 0. The number of nitrogens with two attached hydrogens (primary N) is 1. The Hall–Kier alpha value is -1.60. The Bertz CT molecular complexity index is 387. The van der Waals surface area contributed by atoms with Crippen LogP contribution in [-0.2, 0) is 4.74 Å². The highest BCUT2D eigenvalue weighted by molar-refractivity contribution is 5.58. The summed E-state index contributed by atoms with van der Waals surface area (Å²) in [6.07, 6.45) is -0.376. The number of fused-ring (bicyclic) bond motifs is 1. The lowest BCUT2D eigenvalue weighted by molar-refractivity contribution is 0.0886. The van der Waals surface area contributed by atoms with Crippen LogP contribution in [0.15, 0.2) is 4.79 Å². The van der Waals surface area contributed by atoms with Gasteiger partial charge in [-0.15, -0.1) is 0 Å². The van der Waals surface area contributed by atoms with Crippen LogP contribution in [0, 0.1) is 0 Å². The highest BCUT2D eigenvalue weighted by Crippen LogP contribution is 2.28. The molecule has 0 fully saturated rings. The van der Waals surface area contributed by atoms with Crippen molar-refractivity contribution in [1.29, 1.82) is 0 Å². The van der Waals surface area contributed by atoms with E-state index in [2.05, 4.69) is 20.8 Å². The van der Waals surface area contributed by atoms with Crippen molar-refractivity contribution in [2.75, 3.05) is 18.3 Å². The van der Waals surface area contributed by atoms with E-state index in [1.165, 1.54) is 7.11 Å². The molecule has 13 heavy (non-hydrogen) atoms. The van der Waals surface area contributed by atoms with Crippen molar-refractivity contribution >= 4 is 11.6 Å². The number of nitrogen functional groups attached to an aromatic ring is 1. The Morgan fingerprint density at radius 1 is 1.62 bits per heavy atom. The van der Waals surface area contributed by atoms with Crippen LogP contribution in [0.3, 0.4) is 0 Å². The zero-order valence-electron chi connectivity index (χ0n) is 6.92. The number of hydrogen-bond acceptors (Lipinski definition) is 6. The summed E-state index contributed by atoms with van der Waals surface area (Å²) in [7, 11) is 1.53. The maximum atomic E-state index is 10.9. The summed E-state index contributed by atoms with van der Waals surface area (Å²) in [5.41, 5.74) is 11.2. The molecule has 0 aliphatic carbocycles. The van der Waals surface area contributed by atoms with Crippen molar-refractivity contribution in [1.82, 2.24) is 15.4 Å². The topological polar surface area (TPSA) is 105 Å². The SMILES string of the molecule is COC1NNc2nc(=O)[nH]c(N)c21. The molecule has 2 heterocycles. The maximum Gasteiger partial charge on any atom is 0.348 e. The lowest BCUT2D eigenvalue weighted by Gasteiger charge is -2.08. The third-order valence-electron chi connectivity index (χ3n) is 1.82. The fraction of sp³-hybridized carbons (Fsp3) is 0.333. The summed E-state index contributed by atoms with van der Waals surface area (Å²) < 4.78 is 5.04. The van der Waals surface area contributed by atoms with Crippen LogP contribution in [0.4, 0.5) is 11.6 Å². The second kappa shape index (κ2) is 2.71. The van der Waals surface area contributed by atoms with Gasteiger partial charge in [0.15, 0.2) is 12.0 Å². The monoisotopic (exact) mass is 183 g/mol. The number of anilines is 2. The number of nitrogens with zero attached hydrogens (tertiary/aromatic N) is 1. The van der Waals surface area contributed by atoms with Crippen molar-refractivity contribution in [2.45, 2.75) is 6.23 Å². The Labute approximate surface area is 73.3 Å². The van der Waals surface area contributed by atoms with Gasteiger partial charge >= 0.3 is 5.69 Å². The molecule has 1 aromatic heterocycles. The fourth-order valence-electron chi connectivity index (χ4n) is 1.24. The van der Waals surface area contributed by atoms with Crippen molar-refractivity contribution in [3.63, 3.8) is 0 Å². The van der Waals surface area contributed by atoms with E-state index < -0.39 is 5.69 Å². The van der Waals surface area contributed by atoms with E-state index in [0.717, 1.165) is 0 Å². The standard InChI is InChI=1S/C6H9N5O2/c1-13-5-2-3(7)8-6(12)9-4(2)10-11-5/h5,11H,1H3,(H4,7,8,9,10,12). The highest BCUT2D eigenvalue weighted by Gasteiger charge is 2.26. The predicted molar refractivity (Wildman–Crippen MR) is 45.8 cm³/mol. The Balaban J connectivity index is 2.58. The quantitative estimate of drug-likeness (QED) is 0.441. The van der Waals surface area contributed by atoms with E-state index in [4.69, 9.17) is 10.5 Å². The van der Waals surface area contributed by atoms with Gasteiger partial charge in [-0.25, -0.2) is 10.2 Å². The van der Waals surface area contributed by atoms with Gasteiger partial charge in [-0.2, -0.15) is 4.98 Å². The molecule has 0 amide bonds. The number of ether oxygens (including phenoxy) is 1. The number of aromatic amines is 1. The molecule has 1 unspecified atom stereocenters. The fourth-order valence-corrected chi connectivity index (χ4v) is 1.24. The minimum atomic E-state index is -0.484. The first-order chi connectivity index (χ1) is 6.22. The molecule has 2 rings (SSSR count). The van der Waals surface area contributed by atoms with Crippen LogP contribution >= 0.6 is 0 Å². The lowest BCUT2D eigenvalue weighted by Crippen LogP contribution is -2.20. The van der Waals surface area contributed by atoms with Crippen LogP contribution < -0.4 is 22.3 Å². The smallest absolute Gasteiger partial charge is 0.348 e. The average Bonchev–Trinajstić information content (AvgIpc) is 2.47. The molecule has 7 nitrogen and oxygen atoms in total. The predicted octanol–water partition coefficient (Wildman–Crippen LogP) is -1.07.